The first-order valence-electron chi connectivity index (χ1n) is 10.9. The smallest absolute Gasteiger partial charge is 0.254 e. The molecule has 0 bridgehead atoms. The largest absolute Gasteiger partial charge is 0.336 e. The predicted octanol–water partition coefficient (Wildman–Crippen LogP) is 4.12. The highest BCUT2D eigenvalue weighted by atomic mass is 32.2. The number of amides is 1. The van der Waals surface area contributed by atoms with Crippen LogP contribution in [0.3, 0.4) is 0 Å². The maximum Gasteiger partial charge on any atom is 0.254 e. The molecule has 2 heterocycles. The fourth-order valence-electron chi connectivity index (χ4n) is 4.20. The molecule has 2 aromatic carbocycles. The zero-order valence-corrected chi connectivity index (χ0v) is 19.8. The number of pyridine rings is 1. The molecule has 0 spiro atoms. The second-order valence-corrected chi connectivity index (χ2v) is 10.6. The zero-order valence-electron chi connectivity index (χ0n) is 19.0. The van der Waals surface area contributed by atoms with Crippen molar-refractivity contribution in [2.45, 2.75) is 38.5 Å². The fraction of sp³-hybridized carbons (Fsp3) is 0.360. The van der Waals surface area contributed by atoms with Crippen molar-refractivity contribution in [3.8, 4) is 0 Å². The minimum Gasteiger partial charge on any atom is -0.336 e. The van der Waals surface area contributed by atoms with Crippen LogP contribution in [-0.4, -0.2) is 54.7 Å². The number of hydrogen-bond acceptors (Lipinski definition) is 4. The van der Waals surface area contributed by atoms with E-state index in [1.165, 1.54) is 4.31 Å². The molecule has 1 aliphatic rings. The highest BCUT2D eigenvalue weighted by Gasteiger charge is 2.32. The van der Waals surface area contributed by atoms with Gasteiger partial charge in [0.1, 0.15) is 0 Å². The Morgan fingerprint density at radius 1 is 0.969 bits per heavy atom. The number of benzene rings is 2. The van der Waals surface area contributed by atoms with E-state index in [0.717, 1.165) is 27.7 Å². The lowest BCUT2D eigenvalue weighted by Gasteiger charge is -2.34. The van der Waals surface area contributed by atoms with E-state index in [1.807, 2.05) is 56.3 Å². The van der Waals surface area contributed by atoms with Crippen LogP contribution in [0.4, 0.5) is 0 Å². The number of nitrogens with zero attached hydrogens (tertiary/aromatic N) is 3. The topological polar surface area (TPSA) is 70.6 Å². The lowest BCUT2D eigenvalue weighted by Crippen LogP contribution is -2.50. The fourth-order valence-corrected chi connectivity index (χ4v) is 5.83. The van der Waals surface area contributed by atoms with Crippen molar-refractivity contribution in [1.82, 2.24) is 14.2 Å². The summed E-state index contributed by atoms with van der Waals surface area (Å²) in [7, 11) is -3.59. The van der Waals surface area contributed by atoms with Crippen LogP contribution in [0.1, 0.15) is 46.9 Å². The third-order valence-electron chi connectivity index (χ3n) is 6.03. The van der Waals surface area contributed by atoms with Gasteiger partial charge in [0.05, 0.1) is 16.0 Å². The summed E-state index contributed by atoms with van der Waals surface area (Å²) in [5.74, 6) is 0.125. The van der Waals surface area contributed by atoms with Crippen LogP contribution >= 0.6 is 0 Å². The number of rotatable bonds is 4. The second-order valence-electron chi connectivity index (χ2n) is 8.73. The lowest BCUT2D eigenvalue weighted by atomic mass is 10.0. The van der Waals surface area contributed by atoms with E-state index < -0.39 is 10.0 Å². The van der Waals surface area contributed by atoms with Gasteiger partial charge in [-0.15, -0.1) is 0 Å². The van der Waals surface area contributed by atoms with Crippen LogP contribution in [0.2, 0.25) is 0 Å². The Bertz CT molecular complexity index is 1280. The van der Waals surface area contributed by atoms with Crippen LogP contribution in [0.15, 0.2) is 53.4 Å². The molecule has 1 fully saturated rings. The summed E-state index contributed by atoms with van der Waals surface area (Å²) in [4.78, 5) is 20.2. The third-order valence-corrected chi connectivity index (χ3v) is 8.09. The van der Waals surface area contributed by atoms with Gasteiger partial charge < -0.3 is 4.90 Å². The first-order chi connectivity index (χ1) is 15.2. The number of aryl methyl sites for hydroxylation is 2. The quantitative estimate of drug-likeness (QED) is 0.598. The summed E-state index contributed by atoms with van der Waals surface area (Å²) in [6.45, 7) is 9.15. The summed E-state index contributed by atoms with van der Waals surface area (Å²) < 4.78 is 27.8. The predicted molar refractivity (Wildman–Crippen MR) is 126 cm³/mol. The van der Waals surface area contributed by atoms with Crippen molar-refractivity contribution in [1.29, 1.82) is 0 Å². The minimum absolute atomic E-state index is 0.0749. The van der Waals surface area contributed by atoms with Gasteiger partial charge in [-0.05, 0) is 43.5 Å². The number of para-hydroxylation sites is 1. The van der Waals surface area contributed by atoms with Crippen LogP contribution < -0.4 is 0 Å². The van der Waals surface area contributed by atoms with E-state index in [1.54, 1.807) is 11.0 Å². The van der Waals surface area contributed by atoms with Crippen molar-refractivity contribution >= 4 is 26.8 Å². The molecule has 0 unspecified atom stereocenters. The van der Waals surface area contributed by atoms with Crippen LogP contribution in [0, 0.1) is 13.8 Å². The average Bonchev–Trinajstić information content (AvgIpc) is 2.77. The Hall–Kier alpha value is -2.77. The van der Waals surface area contributed by atoms with Crippen LogP contribution in [0.25, 0.3) is 10.9 Å². The highest BCUT2D eigenvalue weighted by Crippen LogP contribution is 2.26. The van der Waals surface area contributed by atoms with Crippen molar-refractivity contribution in [2.24, 2.45) is 0 Å². The van der Waals surface area contributed by atoms with Crippen LogP contribution in [0.5, 0.6) is 0 Å². The molecular weight excluding hydrogens is 422 g/mol. The van der Waals surface area contributed by atoms with E-state index in [0.29, 0.717) is 23.5 Å². The monoisotopic (exact) mass is 451 g/mol. The van der Waals surface area contributed by atoms with E-state index in [-0.39, 0.29) is 24.9 Å². The molecule has 0 atom stereocenters. The summed E-state index contributed by atoms with van der Waals surface area (Å²) in [5.41, 5.74) is 4.08. The first kappa shape index (κ1) is 22.4. The summed E-state index contributed by atoms with van der Waals surface area (Å²) in [6, 6.07) is 14.9. The standard InChI is InChI=1S/C25H29N3O3S/c1-17(2)23-16-21(20-7-5-6-8-22(20)26-23)25(29)27-11-13-28(14-12-27)32(30,31)24-10-9-18(3)15-19(24)4/h5-10,15-17H,11-14H2,1-4H3. The molecule has 1 amide bonds. The van der Waals surface area contributed by atoms with E-state index in [4.69, 9.17) is 4.98 Å². The minimum atomic E-state index is -3.59. The zero-order chi connectivity index (χ0) is 23.0. The van der Waals surface area contributed by atoms with E-state index >= 15 is 0 Å². The second kappa shape index (κ2) is 8.64. The lowest BCUT2D eigenvalue weighted by molar-refractivity contribution is 0.0699. The van der Waals surface area contributed by atoms with Gasteiger partial charge in [0.25, 0.3) is 5.91 Å². The maximum absolute atomic E-state index is 13.4. The number of sulfonamides is 1. The average molecular weight is 452 g/mol. The number of aromatic nitrogens is 1. The molecule has 0 N–H and O–H groups in total. The number of carbonyl (C=O) groups is 1. The molecule has 7 heteroatoms. The highest BCUT2D eigenvalue weighted by molar-refractivity contribution is 7.89. The Labute approximate surface area is 189 Å². The third kappa shape index (κ3) is 4.14. The number of fused-ring (bicyclic) bond motifs is 1. The molecule has 6 nitrogen and oxygen atoms in total. The molecule has 1 aromatic heterocycles. The van der Waals surface area contributed by atoms with Gasteiger partial charge >= 0.3 is 0 Å². The first-order valence-corrected chi connectivity index (χ1v) is 12.4. The molecule has 168 valence electrons. The van der Waals surface area contributed by atoms with Crippen molar-refractivity contribution in [3.63, 3.8) is 0 Å². The van der Waals surface area contributed by atoms with Crippen molar-refractivity contribution in [2.75, 3.05) is 26.2 Å². The summed E-state index contributed by atoms with van der Waals surface area (Å²) in [5, 5.41) is 0.826. The van der Waals surface area contributed by atoms with Gasteiger partial charge in [0.2, 0.25) is 10.0 Å². The molecule has 0 aliphatic carbocycles. The van der Waals surface area contributed by atoms with Gasteiger partial charge in [-0.2, -0.15) is 4.31 Å². The molecule has 4 rings (SSSR count). The van der Waals surface area contributed by atoms with Gasteiger partial charge in [0, 0.05) is 37.3 Å². The molecular formula is C25H29N3O3S. The van der Waals surface area contributed by atoms with Crippen LogP contribution in [-0.2, 0) is 10.0 Å². The Morgan fingerprint density at radius 2 is 1.66 bits per heavy atom. The number of hydrogen-bond donors (Lipinski definition) is 0. The van der Waals surface area contributed by atoms with Gasteiger partial charge in [0.15, 0.2) is 0 Å². The Morgan fingerprint density at radius 3 is 2.31 bits per heavy atom. The van der Waals surface area contributed by atoms with Gasteiger partial charge in [-0.25, -0.2) is 8.42 Å². The molecule has 32 heavy (non-hydrogen) atoms. The van der Waals surface area contributed by atoms with E-state index in [9.17, 15) is 13.2 Å². The van der Waals surface area contributed by atoms with E-state index in [2.05, 4.69) is 13.8 Å². The molecule has 0 radical (unpaired) electrons. The van der Waals surface area contributed by atoms with Crippen molar-refractivity contribution < 1.29 is 13.2 Å². The normalized spacial score (nSPS) is 15.5. The number of carbonyl (C=O) groups excluding carboxylic acids is 1. The molecule has 3 aromatic rings. The molecule has 1 aliphatic heterocycles. The SMILES string of the molecule is Cc1ccc(S(=O)(=O)N2CCN(C(=O)c3cc(C(C)C)nc4ccccc34)CC2)c(C)c1. The van der Waals surface area contributed by atoms with Gasteiger partial charge in [-0.1, -0.05) is 49.7 Å². The van der Waals surface area contributed by atoms with Crippen molar-refractivity contribution in [3.05, 3.63) is 70.9 Å². The Balaban J connectivity index is 1.57. The summed E-state index contributed by atoms with van der Waals surface area (Å²) >= 11 is 0. The molecule has 1 saturated heterocycles. The number of piperazine rings is 1. The summed E-state index contributed by atoms with van der Waals surface area (Å²) in [6.07, 6.45) is 0. The maximum atomic E-state index is 13.4. The molecule has 0 saturated carbocycles. The van der Waals surface area contributed by atoms with Gasteiger partial charge in [-0.3, -0.25) is 9.78 Å². The Kier molecular flexibility index (Phi) is 6.05.